The Morgan fingerprint density at radius 3 is 2.44 bits per heavy atom. The van der Waals surface area contributed by atoms with Gasteiger partial charge in [-0.15, -0.1) is 11.3 Å². The Morgan fingerprint density at radius 2 is 1.62 bits per heavy atom. The lowest BCUT2D eigenvalue weighted by Crippen LogP contribution is -1.70. The normalized spacial score (nSPS) is 11.4. The van der Waals surface area contributed by atoms with E-state index >= 15 is 0 Å². The minimum Gasteiger partial charge on any atom is -0.134 e. The van der Waals surface area contributed by atoms with Crippen LogP contribution in [0.5, 0.6) is 0 Å². The average Bonchev–Trinajstić information content (AvgIpc) is 2.63. The molecule has 1 heterocycles. The molecule has 2 aromatic carbocycles. The quantitative estimate of drug-likeness (QED) is 0.474. The van der Waals surface area contributed by atoms with Crippen molar-refractivity contribution in [3.05, 3.63) is 45.4 Å². The topological polar surface area (TPSA) is 0 Å². The molecule has 0 aliphatic carbocycles. The lowest BCUT2D eigenvalue weighted by molar-refractivity contribution is 1.83. The zero-order chi connectivity index (χ0) is 11.3. The van der Waals surface area contributed by atoms with Gasteiger partial charge < -0.3 is 0 Å². The third kappa shape index (κ3) is 1.51. The standard InChI is InChI=1S/C12H5Cl3S/c13-6-1-4-10-7(5-6)11-8(14)2-3-9(15)12(11)16-10/h1-5H. The highest BCUT2D eigenvalue weighted by Gasteiger charge is 2.11. The second-order valence-electron chi connectivity index (χ2n) is 3.48. The molecule has 0 spiro atoms. The summed E-state index contributed by atoms with van der Waals surface area (Å²) in [4.78, 5) is 0. The van der Waals surface area contributed by atoms with Crippen molar-refractivity contribution in [3.8, 4) is 0 Å². The van der Waals surface area contributed by atoms with Gasteiger partial charge in [0.25, 0.3) is 0 Å². The summed E-state index contributed by atoms with van der Waals surface area (Å²) in [5.74, 6) is 0. The van der Waals surface area contributed by atoms with Gasteiger partial charge in [0.2, 0.25) is 0 Å². The fourth-order valence-electron chi connectivity index (χ4n) is 1.78. The molecule has 0 aliphatic heterocycles. The second-order valence-corrected chi connectivity index (χ2v) is 5.78. The van der Waals surface area contributed by atoms with Crippen LogP contribution in [0.15, 0.2) is 30.3 Å². The van der Waals surface area contributed by atoms with Crippen LogP contribution in [-0.2, 0) is 0 Å². The van der Waals surface area contributed by atoms with E-state index in [0.29, 0.717) is 10.0 Å². The number of halogens is 3. The van der Waals surface area contributed by atoms with E-state index in [1.165, 1.54) is 0 Å². The summed E-state index contributed by atoms with van der Waals surface area (Å²) in [6.45, 7) is 0. The predicted octanol–water partition coefficient (Wildman–Crippen LogP) is 6.01. The third-order valence-electron chi connectivity index (χ3n) is 2.48. The number of rotatable bonds is 0. The molecule has 16 heavy (non-hydrogen) atoms. The van der Waals surface area contributed by atoms with Gasteiger partial charge in [0.15, 0.2) is 0 Å². The number of hydrogen-bond donors (Lipinski definition) is 0. The molecule has 1 aromatic heterocycles. The van der Waals surface area contributed by atoms with Crippen LogP contribution in [-0.4, -0.2) is 0 Å². The minimum atomic E-state index is 0.711. The van der Waals surface area contributed by atoms with Gasteiger partial charge in [0, 0.05) is 25.5 Å². The van der Waals surface area contributed by atoms with Crippen LogP contribution in [0.4, 0.5) is 0 Å². The number of benzene rings is 2. The molecule has 0 radical (unpaired) electrons. The summed E-state index contributed by atoms with van der Waals surface area (Å²) < 4.78 is 2.17. The van der Waals surface area contributed by atoms with Gasteiger partial charge in [-0.3, -0.25) is 0 Å². The summed E-state index contributed by atoms with van der Waals surface area (Å²) >= 11 is 20.0. The third-order valence-corrected chi connectivity index (χ3v) is 4.66. The van der Waals surface area contributed by atoms with Gasteiger partial charge in [-0.2, -0.15) is 0 Å². The highest BCUT2D eigenvalue weighted by atomic mass is 35.5. The van der Waals surface area contributed by atoms with Crippen LogP contribution in [0.25, 0.3) is 20.2 Å². The predicted molar refractivity (Wildman–Crippen MR) is 74.4 cm³/mol. The molecule has 0 saturated carbocycles. The van der Waals surface area contributed by atoms with Crippen molar-refractivity contribution < 1.29 is 0 Å². The Kier molecular flexibility index (Phi) is 2.52. The van der Waals surface area contributed by atoms with E-state index < -0.39 is 0 Å². The van der Waals surface area contributed by atoms with E-state index in [2.05, 4.69) is 0 Å². The van der Waals surface area contributed by atoms with Crippen molar-refractivity contribution in [1.82, 2.24) is 0 Å². The molecular formula is C12H5Cl3S. The first-order valence-corrected chi connectivity index (χ1v) is 6.57. The van der Waals surface area contributed by atoms with E-state index in [0.717, 1.165) is 25.2 Å². The molecule has 0 aliphatic rings. The van der Waals surface area contributed by atoms with Crippen LogP contribution >= 0.6 is 46.1 Å². The van der Waals surface area contributed by atoms with Crippen molar-refractivity contribution in [2.24, 2.45) is 0 Å². The van der Waals surface area contributed by atoms with E-state index in [1.54, 1.807) is 11.3 Å². The molecule has 4 heteroatoms. The zero-order valence-electron chi connectivity index (χ0n) is 7.93. The first-order chi connectivity index (χ1) is 7.66. The van der Waals surface area contributed by atoms with E-state index in [-0.39, 0.29) is 0 Å². The molecule has 3 rings (SSSR count). The zero-order valence-corrected chi connectivity index (χ0v) is 11.0. The molecular weight excluding hydrogens is 283 g/mol. The van der Waals surface area contributed by atoms with Crippen molar-refractivity contribution in [3.63, 3.8) is 0 Å². The van der Waals surface area contributed by atoms with Gasteiger partial charge in [0.1, 0.15) is 0 Å². The number of fused-ring (bicyclic) bond motifs is 3. The lowest BCUT2D eigenvalue weighted by atomic mass is 10.1. The number of thiophene rings is 1. The summed E-state index contributed by atoms with van der Waals surface area (Å²) in [5.41, 5.74) is 0. The van der Waals surface area contributed by atoms with Crippen molar-refractivity contribution in [2.75, 3.05) is 0 Å². The second kappa shape index (κ2) is 3.78. The first kappa shape index (κ1) is 10.7. The Hall–Kier alpha value is -0.470. The van der Waals surface area contributed by atoms with Crippen LogP contribution in [0.2, 0.25) is 15.1 Å². The number of hydrogen-bond acceptors (Lipinski definition) is 1. The molecule has 0 bridgehead atoms. The van der Waals surface area contributed by atoms with Gasteiger partial charge in [0.05, 0.1) is 9.72 Å². The van der Waals surface area contributed by atoms with Gasteiger partial charge >= 0.3 is 0 Å². The molecule has 0 amide bonds. The maximum absolute atomic E-state index is 6.21. The monoisotopic (exact) mass is 286 g/mol. The molecule has 0 unspecified atom stereocenters. The van der Waals surface area contributed by atoms with Gasteiger partial charge in [-0.1, -0.05) is 34.8 Å². The minimum absolute atomic E-state index is 0.711. The molecule has 0 saturated heterocycles. The van der Waals surface area contributed by atoms with Crippen molar-refractivity contribution in [1.29, 1.82) is 0 Å². The molecule has 80 valence electrons. The lowest BCUT2D eigenvalue weighted by Gasteiger charge is -1.97. The summed E-state index contributed by atoms with van der Waals surface area (Å²) in [6, 6.07) is 9.44. The van der Waals surface area contributed by atoms with E-state index in [1.807, 2.05) is 30.3 Å². The largest absolute Gasteiger partial charge is 0.134 e. The first-order valence-electron chi connectivity index (χ1n) is 4.62. The van der Waals surface area contributed by atoms with Crippen molar-refractivity contribution >= 4 is 66.3 Å². The van der Waals surface area contributed by atoms with Gasteiger partial charge in [-0.05, 0) is 30.3 Å². The van der Waals surface area contributed by atoms with Crippen molar-refractivity contribution in [2.45, 2.75) is 0 Å². The van der Waals surface area contributed by atoms with E-state index in [9.17, 15) is 0 Å². The summed E-state index contributed by atoms with van der Waals surface area (Å²) in [7, 11) is 0. The molecule has 0 fully saturated rings. The van der Waals surface area contributed by atoms with Crippen LogP contribution < -0.4 is 0 Å². The van der Waals surface area contributed by atoms with Crippen LogP contribution in [0.3, 0.4) is 0 Å². The molecule has 0 N–H and O–H groups in total. The Morgan fingerprint density at radius 1 is 0.875 bits per heavy atom. The smallest absolute Gasteiger partial charge is 0.0585 e. The maximum atomic E-state index is 6.21. The SMILES string of the molecule is Clc1ccc2sc3c(Cl)ccc(Cl)c3c2c1. The molecule has 3 aromatic rings. The van der Waals surface area contributed by atoms with E-state index in [4.69, 9.17) is 34.8 Å². The maximum Gasteiger partial charge on any atom is 0.0585 e. The Balaban J connectivity index is 2.62. The highest BCUT2D eigenvalue weighted by molar-refractivity contribution is 7.26. The van der Waals surface area contributed by atoms with Crippen LogP contribution in [0, 0.1) is 0 Å². The molecule has 0 atom stereocenters. The fraction of sp³-hybridized carbons (Fsp3) is 0. The Bertz CT molecular complexity index is 700. The fourth-order valence-corrected chi connectivity index (χ4v) is 3.66. The highest BCUT2D eigenvalue weighted by Crippen LogP contribution is 2.42. The summed E-state index contributed by atoms with van der Waals surface area (Å²) in [5, 5.41) is 4.23. The van der Waals surface area contributed by atoms with Gasteiger partial charge in [-0.25, -0.2) is 0 Å². The van der Waals surface area contributed by atoms with Crippen LogP contribution in [0.1, 0.15) is 0 Å². The summed E-state index contributed by atoms with van der Waals surface area (Å²) in [6.07, 6.45) is 0. The average molecular weight is 288 g/mol. The molecule has 0 nitrogen and oxygen atoms in total. The Labute approximate surface area is 111 Å².